The van der Waals surface area contributed by atoms with E-state index in [1.54, 1.807) is 17.0 Å². The van der Waals surface area contributed by atoms with Crippen LogP contribution in [0.5, 0.6) is 0 Å². The summed E-state index contributed by atoms with van der Waals surface area (Å²) in [6, 6.07) is 14.9. The summed E-state index contributed by atoms with van der Waals surface area (Å²) in [5, 5.41) is 2.70. The molecule has 0 radical (unpaired) electrons. The molecule has 1 aliphatic rings. The van der Waals surface area contributed by atoms with Gasteiger partial charge in [-0.3, -0.25) is 4.90 Å². The molecule has 1 atom stereocenters. The van der Waals surface area contributed by atoms with Crippen LogP contribution in [-0.2, 0) is 6.54 Å². The number of hydrogen-bond donors (Lipinski definition) is 1. The lowest BCUT2D eigenvalue weighted by Gasteiger charge is -2.28. The second kappa shape index (κ2) is 8.64. The van der Waals surface area contributed by atoms with E-state index in [0.717, 1.165) is 26.1 Å². The number of amides is 2. The van der Waals surface area contributed by atoms with Crippen molar-refractivity contribution in [1.29, 1.82) is 0 Å². The molecule has 26 heavy (non-hydrogen) atoms. The Hall–Kier alpha value is -1.92. The topological polar surface area (TPSA) is 35.6 Å². The minimum absolute atomic E-state index is 0.141. The summed E-state index contributed by atoms with van der Waals surface area (Å²) in [7, 11) is 0. The van der Waals surface area contributed by atoms with Crippen LogP contribution in [0.1, 0.15) is 18.9 Å². The van der Waals surface area contributed by atoms with Crippen LogP contribution in [0.15, 0.2) is 53.0 Å². The fourth-order valence-electron chi connectivity index (χ4n) is 3.40. The molecular weight excluding hydrogens is 397 g/mol. The van der Waals surface area contributed by atoms with Gasteiger partial charge in [-0.1, -0.05) is 46.3 Å². The van der Waals surface area contributed by atoms with Crippen molar-refractivity contribution >= 4 is 27.6 Å². The Labute approximate surface area is 162 Å². The second-order valence-electron chi connectivity index (χ2n) is 6.50. The van der Waals surface area contributed by atoms with Crippen molar-refractivity contribution in [3.63, 3.8) is 0 Å². The van der Waals surface area contributed by atoms with Crippen LogP contribution in [0.2, 0.25) is 0 Å². The van der Waals surface area contributed by atoms with Crippen molar-refractivity contribution in [1.82, 2.24) is 9.80 Å². The fraction of sp³-hybridized carbons (Fsp3) is 0.350. The molecule has 6 heteroatoms. The molecule has 0 aromatic heterocycles. The van der Waals surface area contributed by atoms with E-state index in [1.807, 2.05) is 25.1 Å². The first-order valence-electron chi connectivity index (χ1n) is 8.85. The van der Waals surface area contributed by atoms with Crippen LogP contribution < -0.4 is 5.32 Å². The SMILES string of the molecule is CCN(C(=O)Nc1ccc(Br)cc1F)C1CCN(Cc2ccccc2)C1. The maximum atomic E-state index is 14.0. The molecule has 3 rings (SSSR count). The number of benzene rings is 2. The molecule has 1 heterocycles. The van der Waals surface area contributed by atoms with Gasteiger partial charge in [-0.05, 0) is 37.1 Å². The van der Waals surface area contributed by atoms with Gasteiger partial charge in [-0.15, -0.1) is 0 Å². The first-order valence-corrected chi connectivity index (χ1v) is 9.65. The Balaban J connectivity index is 1.60. The maximum Gasteiger partial charge on any atom is 0.322 e. The summed E-state index contributed by atoms with van der Waals surface area (Å²) in [6.07, 6.45) is 0.927. The van der Waals surface area contributed by atoms with E-state index in [4.69, 9.17) is 0 Å². The summed E-state index contributed by atoms with van der Waals surface area (Å²) < 4.78 is 14.6. The zero-order valence-electron chi connectivity index (χ0n) is 14.8. The smallest absolute Gasteiger partial charge is 0.320 e. The van der Waals surface area contributed by atoms with E-state index in [1.165, 1.54) is 11.6 Å². The Morgan fingerprint density at radius 3 is 2.77 bits per heavy atom. The van der Waals surface area contributed by atoms with Gasteiger partial charge in [0.15, 0.2) is 0 Å². The lowest BCUT2D eigenvalue weighted by atomic mass is 10.2. The number of anilines is 1. The third kappa shape index (κ3) is 4.62. The number of likely N-dealkylation sites (tertiary alicyclic amines) is 1. The lowest BCUT2D eigenvalue weighted by molar-refractivity contribution is 0.189. The molecule has 138 valence electrons. The summed E-state index contributed by atoms with van der Waals surface area (Å²) in [4.78, 5) is 16.8. The van der Waals surface area contributed by atoms with E-state index in [-0.39, 0.29) is 17.8 Å². The first kappa shape index (κ1) is 18.9. The van der Waals surface area contributed by atoms with Crippen molar-refractivity contribution < 1.29 is 9.18 Å². The molecule has 2 amide bonds. The first-order chi connectivity index (χ1) is 12.6. The number of carbonyl (C=O) groups is 1. The molecule has 0 bridgehead atoms. The van der Waals surface area contributed by atoms with Crippen molar-refractivity contribution in [3.05, 3.63) is 64.4 Å². The quantitative estimate of drug-likeness (QED) is 0.760. The molecule has 2 aromatic rings. The third-order valence-corrected chi connectivity index (χ3v) is 5.20. The molecular formula is C20H23BrFN3O. The molecule has 1 fully saturated rings. The summed E-state index contributed by atoms with van der Waals surface area (Å²) in [5.74, 6) is -0.444. The Morgan fingerprint density at radius 2 is 2.08 bits per heavy atom. The van der Waals surface area contributed by atoms with Gasteiger partial charge in [0.1, 0.15) is 5.82 Å². The minimum atomic E-state index is -0.444. The number of rotatable bonds is 5. The van der Waals surface area contributed by atoms with Gasteiger partial charge in [-0.25, -0.2) is 9.18 Å². The molecule has 0 spiro atoms. The van der Waals surface area contributed by atoms with E-state index in [0.29, 0.717) is 11.0 Å². The van der Waals surface area contributed by atoms with E-state index in [2.05, 4.69) is 38.3 Å². The predicted molar refractivity (Wildman–Crippen MR) is 106 cm³/mol. The van der Waals surface area contributed by atoms with Gasteiger partial charge in [0.05, 0.1) is 5.69 Å². The summed E-state index contributed by atoms with van der Waals surface area (Å²) in [6.45, 7) is 5.22. The molecule has 1 unspecified atom stereocenters. The number of hydrogen-bond acceptors (Lipinski definition) is 2. The van der Waals surface area contributed by atoms with Crippen LogP contribution in [-0.4, -0.2) is 41.5 Å². The number of halogens is 2. The molecule has 1 aliphatic heterocycles. The van der Waals surface area contributed by atoms with Crippen LogP contribution in [0.3, 0.4) is 0 Å². The minimum Gasteiger partial charge on any atom is -0.320 e. The zero-order chi connectivity index (χ0) is 18.5. The highest BCUT2D eigenvalue weighted by atomic mass is 79.9. The van der Waals surface area contributed by atoms with Gasteiger partial charge < -0.3 is 10.2 Å². The molecule has 0 aliphatic carbocycles. The number of nitrogens with one attached hydrogen (secondary N) is 1. The van der Waals surface area contributed by atoms with E-state index >= 15 is 0 Å². The maximum absolute atomic E-state index is 14.0. The number of likely N-dealkylation sites (N-methyl/N-ethyl adjacent to an activating group) is 1. The average Bonchev–Trinajstić information content (AvgIpc) is 3.07. The monoisotopic (exact) mass is 419 g/mol. The van der Waals surface area contributed by atoms with Crippen LogP contribution in [0.25, 0.3) is 0 Å². The van der Waals surface area contributed by atoms with Crippen molar-refractivity contribution in [2.75, 3.05) is 25.0 Å². The molecule has 1 saturated heterocycles. The van der Waals surface area contributed by atoms with Gasteiger partial charge >= 0.3 is 6.03 Å². The normalized spacial score (nSPS) is 17.3. The standard InChI is InChI=1S/C20H23BrFN3O/c1-2-25(20(26)23-19-9-8-16(21)12-18(19)22)17-10-11-24(14-17)13-15-6-4-3-5-7-15/h3-9,12,17H,2,10-11,13-14H2,1H3,(H,23,26). The van der Waals surface area contributed by atoms with E-state index < -0.39 is 5.82 Å². The van der Waals surface area contributed by atoms with Gasteiger partial charge in [0, 0.05) is 36.7 Å². The van der Waals surface area contributed by atoms with Gasteiger partial charge in [0.25, 0.3) is 0 Å². The van der Waals surface area contributed by atoms with Crippen LogP contribution in [0, 0.1) is 5.82 Å². The average molecular weight is 420 g/mol. The zero-order valence-corrected chi connectivity index (χ0v) is 16.4. The lowest BCUT2D eigenvalue weighted by Crippen LogP contribution is -2.44. The van der Waals surface area contributed by atoms with Crippen LogP contribution in [0.4, 0.5) is 14.9 Å². The van der Waals surface area contributed by atoms with Crippen molar-refractivity contribution in [2.45, 2.75) is 25.9 Å². The van der Waals surface area contributed by atoms with Gasteiger partial charge in [0.2, 0.25) is 0 Å². The van der Waals surface area contributed by atoms with Crippen LogP contribution >= 0.6 is 15.9 Å². The fourth-order valence-corrected chi connectivity index (χ4v) is 3.73. The van der Waals surface area contributed by atoms with Crippen molar-refractivity contribution in [2.24, 2.45) is 0 Å². The molecule has 2 aromatic carbocycles. The Morgan fingerprint density at radius 1 is 1.31 bits per heavy atom. The molecule has 0 saturated carbocycles. The largest absolute Gasteiger partial charge is 0.322 e. The molecule has 1 N–H and O–H groups in total. The second-order valence-corrected chi connectivity index (χ2v) is 7.42. The number of nitrogens with zero attached hydrogens (tertiary/aromatic N) is 2. The third-order valence-electron chi connectivity index (χ3n) is 4.71. The van der Waals surface area contributed by atoms with Gasteiger partial charge in [-0.2, -0.15) is 0 Å². The highest BCUT2D eigenvalue weighted by Gasteiger charge is 2.30. The number of carbonyl (C=O) groups excluding carboxylic acids is 1. The predicted octanol–water partition coefficient (Wildman–Crippen LogP) is 4.72. The summed E-state index contributed by atoms with van der Waals surface area (Å²) >= 11 is 3.22. The summed E-state index contributed by atoms with van der Waals surface area (Å²) in [5.41, 5.74) is 1.48. The van der Waals surface area contributed by atoms with Crippen molar-refractivity contribution in [3.8, 4) is 0 Å². The number of urea groups is 1. The Bertz CT molecular complexity index is 756. The van der Waals surface area contributed by atoms with E-state index in [9.17, 15) is 9.18 Å². The highest BCUT2D eigenvalue weighted by molar-refractivity contribution is 9.10. The Kier molecular flexibility index (Phi) is 6.27. The molecule has 4 nitrogen and oxygen atoms in total. The highest BCUT2D eigenvalue weighted by Crippen LogP contribution is 2.22.